The molecule has 9 heteroatoms. The fraction of sp³-hybridized carbons (Fsp3) is 0.381. The van der Waals surface area contributed by atoms with E-state index in [9.17, 15) is 17.6 Å². The van der Waals surface area contributed by atoms with Crippen molar-refractivity contribution in [2.45, 2.75) is 16.2 Å². The third-order valence-electron chi connectivity index (χ3n) is 5.41. The molecule has 2 aromatic rings. The Bertz CT molecular complexity index is 1020. The Kier molecular flexibility index (Phi) is 6.31. The zero-order valence-corrected chi connectivity index (χ0v) is 18.2. The molecule has 2 heterocycles. The van der Waals surface area contributed by atoms with Gasteiger partial charge in [-0.3, -0.25) is 4.79 Å². The largest absolute Gasteiger partial charge is 0.361 e. The first-order valence-electron chi connectivity index (χ1n) is 9.96. The van der Waals surface area contributed by atoms with E-state index in [0.29, 0.717) is 13.1 Å². The van der Waals surface area contributed by atoms with E-state index in [1.807, 2.05) is 30.0 Å². The molecule has 1 amide bonds. The van der Waals surface area contributed by atoms with E-state index in [1.54, 1.807) is 4.90 Å². The lowest BCUT2D eigenvalue weighted by atomic mass is 10.2. The monoisotopic (exact) mass is 449 g/mol. The number of benzene rings is 2. The Hall–Kier alpha value is -2.10. The maximum Gasteiger partial charge on any atom is 0.246 e. The Balaban J connectivity index is 1.40. The van der Waals surface area contributed by atoms with E-state index in [4.69, 9.17) is 0 Å². The van der Waals surface area contributed by atoms with Gasteiger partial charge in [-0.1, -0.05) is 24.3 Å². The molecule has 0 aliphatic carbocycles. The number of carbonyl (C=O) groups is 1. The molecule has 0 aromatic heterocycles. The van der Waals surface area contributed by atoms with Crippen molar-refractivity contribution in [2.24, 2.45) is 0 Å². The van der Waals surface area contributed by atoms with Gasteiger partial charge in [-0.15, -0.1) is 11.8 Å². The summed E-state index contributed by atoms with van der Waals surface area (Å²) in [4.78, 5) is 17.6. The summed E-state index contributed by atoms with van der Waals surface area (Å²) >= 11 is 1.81. The Morgan fingerprint density at radius 3 is 2.43 bits per heavy atom. The maximum absolute atomic E-state index is 14.0. The zero-order chi connectivity index (χ0) is 21.1. The summed E-state index contributed by atoms with van der Waals surface area (Å²) in [6.45, 7) is 2.02. The minimum absolute atomic E-state index is 0.0142. The van der Waals surface area contributed by atoms with Gasteiger partial charge < -0.3 is 9.80 Å². The molecule has 1 fully saturated rings. The first-order chi connectivity index (χ1) is 14.5. The van der Waals surface area contributed by atoms with Crippen molar-refractivity contribution in [1.29, 1.82) is 0 Å². The molecule has 2 aliphatic heterocycles. The van der Waals surface area contributed by atoms with E-state index in [-0.39, 0.29) is 30.4 Å². The van der Waals surface area contributed by atoms with Crippen LogP contribution in [0.25, 0.3) is 0 Å². The van der Waals surface area contributed by atoms with Crippen LogP contribution in [-0.2, 0) is 14.8 Å². The van der Waals surface area contributed by atoms with Crippen LogP contribution in [0.2, 0.25) is 0 Å². The van der Waals surface area contributed by atoms with Crippen molar-refractivity contribution < 1.29 is 17.6 Å². The molecular formula is C21H24FN3O3S2. The van der Waals surface area contributed by atoms with Gasteiger partial charge in [-0.05, 0) is 36.4 Å². The highest BCUT2D eigenvalue weighted by Crippen LogP contribution is 2.33. The zero-order valence-electron chi connectivity index (χ0n) is 16.5. The number of rotatable bonds is 4. The number of halogens is 1. The molecule has 0 saturated carbocycles. The van der Waals surface area contributed by atoms with Crippen LogP contribution in [-0.4, -0.2) is 68.6 Å². The summed E-state index contributed by atoms with van der Waals surface area (Å²) in [6, 6.07) is 13.5. The molecule has 1 saturated heterocycles. The second kappa shape index (κ2) is 8.95. The van der Waals surface area contributed by atoms with Crippen LogP contribution in [0.4, 0.5) is 10.1 Å². The lowest BCUT2D eigenvalue weighted by Gasteiger charge is -2.35. The third kappa shape index (κ3) is 4.33. The molecule has 0 unspecified atom stereocenters. The van der Waals surface area contributed by atoms with Crippen LogP contribution in [0.15, 0.2) is 58.3 Å². The maximum atomic E-state index is 14.0. The van der Waals surface area contributed by atoms with Crippen molar-refractivity contribution in [3.05, 3.63) is 54.3 Å². The summed E-state index contributed by atoms with van der Waals surface area (Å²) in [7, 11) is -3.91. The molecular weight excluding hydrogens is 425 g/mol. The summed E-state index contributed by atoms with van der Waals surface area (Å²) in [5.74, 6) is 0.252. The van der Waals surface area contributed by atoms with Crippen LogP contribution in [0, 0.1) is 5.82 Å². The highest BCUT2D eigenvalue weighted by Gasteiger charge is 2.32. The number of anilines is 1. The quantitative estimate of drug-likeness (QED) is 0.718. The molecule has 6 nitrogen and oxygen atoms in total. The number of hydrogen-bond acceptors (Lipinski definition) is 5. The van der Waals surface area contributed by atoms with Crippen LogP contribution in [0.5, 0.6) is 0 Å². The number of fused-ring (bicyclic) bond motifs is 1. The topological polar surface area (TPSA) is 60.9 Å². The fourth-order valence-corrected chi connectivity index (χ4v) is 6.30. The van der Waals surface area contributed by atoms with Crippen LogP contribution in [0.3, 0.4) is 0 Å². The van der Waals surface area contributed by atoms with Gasteiger partial charge in [0.25, 0.3) is 0 Å². The summed E-state index contributed by atoms with van der Waals surface area (Å²) in [6.07, 6.45) is 1.00. The molecule has 0 radical (unpaired) electrons. The molecule has 0 bridgehead atoms. The molecule has 0 atom stereocenters. The van der Waals surface area contributed by atoms with Gasteiger partial charge in [-0.25, -0.2) is 12.8 Å². The number of hydrogen-bond donors (Lipinski definition) is 0. The fourth-order valence-electron chi connectivity index (χ4n) is 3.80. The number of amides is 1. The highest BCUT2D eigenvalue weighted by molar-refractivity contribution is 7.99. The third-order valence-corrected chi connectivity index (χ3v) is 8.49. The van der Waals surface area contributed by atoms with E-state index in [0.717, 1.165) is 30.5 Å². The molecule has 0 N–H and O–H groups in total. The number of nitrogens with zero attached hydrogens (tertiary/aromatic N) is 3. The van der Waals surface area contributed by atoms with E-state index in [1.165, 1.54) is 27.4 Å². The minimum atomic E-state index is -3.91. The first kappa shape index (κ1) is 21.1. The Morgan fingerprint density at radius 2 is 1.67 bits per heavy atom. The molecule has 160 valence electrons. The van der Waals surface area contributed by atoms with Crippen molar-refractivity contribution in [3.63, 3.8) is 0 Å². The summed E-state index contributed by atoms with van der Waals surface area (Å²) in [5.41, 5.74) is 1.08. The normalized spacial score (nSPS) is 18.0. The predicted molar refractivity (Wildman–Crippen MR) is 116 cm³/mol. The van der Waals surface area contributed by atoms with E-state index >= 15 is 0 Å². The van der Waals surface area contributed by atoms with Crippen molar-refractivity contribution in [2.75, 3.05) is 49.9 Å². The lowest BCUT2D eigenvalue weighted by molar-refractivity contribution is -0.130. The average Bonchev–Trinajstić information content (AvgIpc) is 2.96. The Morgan fingerprint density at radius 1 is 0.967 bits per heavy atom. The van der Waals surface area contributed by atoms with Crippen molar-refractivity contribution in [3.8, 4) is 0 Å². The molecule has 2 aliphatic rings. The standard InChI is InChI=1S/C21H24FN3O3S2/c22-17-6-1-4-9-20(17)30(27,28)25-13-11-23(12-14-25)21(26)16-24-10-5-15-29-19-8-3-2-7-18(19)24/h1-4,6-9H,5,10-16H2. The van der Waals surface area contributed by atoms with Gasteiger partial charge in [0.2, 0.25) is 15.9 Å². The SMILES string of the molecule is O=C(CN1CCCSc2ccccc21)N1CCN(S(=O)(=O)c2ccccc2F)CC1. The Labute approximate surface area is 180 Å². The predicted octanol–water partition coefficient (Wildman–Crippen LogP) is 2.66. The van der Waals surface area contributed by atoms with Gasteiger partial charge in [-0.2, -0.15) is 4.31 Å². The minimum Gasteiger partial charge on any atom is -0.361 e. The summed E-state index contributed by atoms with van der Waals surface area (Å²) in [5, 5.41) is 0. The van der Waals surface area contributed by atoms with E-state index in [2.05, 4.69) is 11.0 Å². The number of thioether (sulfide) groups is 1. The number of carbonyl (C=O) groups excluding carboxylic acids is 1. The van der Waals surface area contributed by atoms with Crippen LogP contribution < -0.4 is 4.90 Å². The van der Waals surface area contributed by atoms with Crippen molar-refractivity contribution >= 4 is 33.4 Å². The highest BCUT2D eigenvalue weighted by atomic mass is 32.2. The van der Waals surface area contributed by atoms with Crippen LogP contribution in [0.1, 0.15) is 6.42 Å². The molecule has 2 aromatic carbocycles. The number of para-hydroxylation sites is 1. The van der Waals surface area contributed by atoms with Gasteiger partial charge in [0, 0.05) is 37.6 Å². The van der Waals surface area contributed by atoms with Crippen molar-refractivity contribution in [1.82, 2.24) is 9.21 Å². The number of piperazine rings is 1. The van der Waals surface area contributed by atoms with E-state index < -0.39 is 15.8 Å². The smallest absolute Gasteiger partial charge is 0.246 e. The average molecular weight is 450 g/mol. The molecule has 0 spiro atoms. The van der Waals surface area contributed by atoms with Gasteiger partial charge >= 0.3 is 0 Å². The second-order valence-electron chi connectivity index (χ2n) is 7.31. The van der Waals surface area contributed by atoms with Gasteiger partial charge in [0.1, 0.15) is 10.7 Å². The van der Waals surface area contributed by atoms with Gasteiger partial charge in [0.05, 0.1) is 12.2 Å². The van der Waals surface area contributed by atoms with Crippen LogP contribution >= 0.6 is 11.8 Å². The molecule has 30 heavy (non-hydrogen) atoms. The first-order valence-corrected chi connectivity index (χ1v) is 12.4. The molecule has 4 rings (SSSR count). The lowest BCUT2D eigenvalue weighted by Crippen LogP contribution is -2.52. The second-order valence-corrected chi connectivity index (χ2v) is 10.3. The van der Waals surface area contributed by atoms with Gasteiger partial charge in [0.15, 0.2) is 0 Å². The summed E-state index contributed by atoms with van der Waals surface area (Å²) < 4.78 is 40.7. The number of sulfonamides is 1.